The second-order valence-electron chi connectivity index (χ2n) is 6.52. The van der Waals surface area contributed by atoms with E-state index in [4.69, 9.17) is 4.74 Å². The highest BCUT2D eigenvalue weighted by molar-refractivity contribution is 14.0. The minimum absolute atomic E-state index is 0. The van der Waals surface area contributed by atoms with Crippen molar-refractivity contribution < 1.29 is 9.53 Å². The van der Waals surface area contributed by atoms with E-state index in [1.54, 1.807) is 18.4 Å². The molecule has 6 nitrogen and oxygen atoms in total. The van der Waals surface area contributed by atoms with Gasteiger partial charge in [-0.2, -0.15) is 0 Å². The molecule has 0 aromatic carbocycles. The SMILES string of the molecule is CCCC(CNC(=NC)NCc1cccs1)NC(=O)OC(C)(C)C.I. The zero-order valence-electron chi connectivity index (χ0n) is 15.7. The van der Waals surface area contributed by atoms with E-state index in [1.165, 1.54) is 4.88 Å². The summed E-state index contributed by atoms with van der Waals surface area (Å²) in [6.45, 7) is 8.99. The maximum Gasteiger partial charge on any atom is 0.407 e. The lowest BCUT2D eigenvalue weighted by Crippen LogP contribution is -2.48. The van der Waals surface area contributed by atoms with E-state index >= 15 is 0 Å². The van der Waals surface area contributed by atoms with Crippen molar-refractivity contribution in [1.82, 2.24) is 16.0 Å². The molecular weight excluding hydrogens is 451 g/mol. The number of aliphatic imine (C=N–C) groups is 1. The first-order valence-electron chi connectivity index (χ1n) is 8.30. The van der Waals surface area contributed by atoms with Crippen LogP contribution in [0.25, 0.3) is 0 Å². The minimum Gasteiger partial charge on any atom is -0.444 e. The van der Waals surface area contributed by atoms with Crippen LogP contribution in [-0.2, 0) is 11.3 Å². The van der Waals surface area contributed by atoms with Gasteiger partial charge in [-0.25, -0.2) is 4.79 Å². The van der Waals surface area contributed by atoms with E-state index in [0.717, 1.165) is 25.3 Å². The summed E-state index contributed by atoms with van der Waals surface area (Å²) in [5.41, 5.74) is -0.493. The molecule has 1 amide bonds. The van der Waals surface area contributed by atoms with Crippen LogP contribution in [0.3, 0.4) is 0 Å². The average molecular weight is 482 g/mol. The van der Waals surface area contributed by atoms with Gasteiger partial charge in [0.1, 0.15) is 5.60 Å². The molecule has 1 atom stereocenters. The van der Waals surface area contributed by atoms with Gasteiger partial charge in [0.25, 0.3) is 0 Å². The van der Waals surface area contributed by atoms with Crippen LogP contribution in [0.15, 0.2) is 22.5 Å². The van der Waals surface area contributed by atoms with E-state index in [9.17, 15) is 4.79 Å². The van der Waals surface area contributed by atoms with E-state index in [0.29, 0.717) is 6.54 Å². The molecule has 0 saturated heterocycles. The van der Waals surface area contributed by atoms with E-state index in [1.807, 2.05) is 26.8 Å². The second-order valence-corrected chi connectivity index (χ2v) is 7.55. The summed E-state index contributed by atoms with van der Waals surface area (Å²) in [5, 5.41) is 11.5. The number of nitrogens with one attached hydrogen (secondary N) is 3. The van der Waals surface area contributed by atoms with E-state index in [2.05, 4.69) is 39.3 Å². The van der Waals surface area contributed by atoms with Gasteiger partial charge in [-0.1, -0.05) is 19.4 Å². The van der Waals surface area contributed by atoms with Crippen molar-refractivity contribution in [2.24, 2.45) is 4.99 Å². The third kappa shape index (κ3) is 11.2. The Morgan fingerprint density at radius 2 is 2.08 bits per heavy atom. The standard InChI is InChI=1S/C17H30N4O2S.HI/c1-6-8-13(21-16(22)23-17(2,3)4)11-19-15(18-5)20-12-14-9-7-10-24-14;/h7,9-10,13H,6,8,11-12H2,1-5H3,(H,21,22)(H2,18,19,20);1H. The van der Waals surface area contributed by atoms with Gasteiger partial charge in [-0.3, -0.25) is 4.99 Å². The molecule has 3 N–H and O–H groups in total. The summed E-state index contributed by atoms with van der Waals surface area (Å²) in [6.07, 6.45) is 1.46. The van der Waals surface area contributed by atoms with Crippen LogP contribution >= 0.6 is 35.3 Å². The Hall–Kier alpha value is -1.03. The highest BCUT2D eigenvalue weighted by atomic mass is 127. The number of alkyl carbamates (subject to hydrolysis) is 1. The van der Waals surface area contributed by atoms with Gasteiger partial charge in [0.05, 0.1) is 6.54 Å². The van der Waals surface area contributed by atoms with Gasteiger partial charge in [-0.05, 0) is 38.6 Å². The zero-order chi connectivity index (χ0) is 18.0. The monoisotopic (exact) mass is 482 g/mol. The summed E-state index contributed by atoms with van der Waals surface area (Å²) in [7, 11) is 1.74. The van der Waals surface area contributed by atoms with Crippen LogP contribution in [0, 0.1) is 0 Å². The van der Waals surface area contributed by atoms with Gasteiger partial charge in [0, 0.05) is 24.5 Å². The molecule has 1 aromatic heterocycles. The third-order valence-corrected chi connectivity index (χ3v) is 3.98. The Morgan fingerprint density at radius 3 is 2.60 bits per heavy atom. The molecule has 0 fully saturated rings. The maximum absolute atomic E-state index is 11.9. The summed E-state index contributed by atoms with van der Waals surface area (Å²) < 4.78 is 5.32. The van der Waals surface area contributed by atoms with Crippen LogP contribution in [0.5, 0.6) is 0 Å². The molecule has 1 unspecified atom stereocenters. The van der Waals surface area contributed by atoms with Crippen LogP contribution in [0.4, 0.5) is 4.79 Å². The number of carbonyl (C=O) groups is 1. The molecule has 0 saturated carbocycles. The molecule has 144 valence electrons. The van der Waals surface area contributed by atoms with Crippen molar-refractivity contribution in [2.75, 3.05) is 13.6 Å². The Morgan fingerprint density at radius 1 is 1.36 bits per heavy atom. The molecule has 25 heavy (non-hydrogen) atoms. The fourth-order valence-corrected chi connectivity index (χ4v) is 2.72. The van der Waals surface area contributed by atoms with Crippen LogP contribution < -0.4 is 16.0 Å². The molecule has 0 spiro atoms. The number of thiophene rings is 1. The lowest BCUT2D eigenvalue weighted by Gasteiger charge is -2.24. The van der Waals surface area contributed by atoms with Crippen LogP contribution in [-0.4, -0.2) is 37.3 Å². The summed E-state index contributed by atoms with van der Waals surface area (Å²) >= 11 is 1.70. The molecule has 1 aromatic rings. The summed E-state index contributed by atoms with van der Waals surface area (Å²) in [5.74, 6) is 0.718. The second kappa shape index (κ2) is 12.3. The largest absolute Gasteiger partial charge is 0.444 e. The number of amides is 1. The van der Waals surface area contributed by atoms with Gasteiger partial charge < -0.3 is 20.7 Å². The molecule has 0 aliphatic rings. The van der Waals surface area contributed by atoms with Crippen molar-refractivity contribution in [3.8, 4) is 0 Å². The summed E-state index contributed by atoms with van der Waals surface area (Å²) in [6, 6.07) is 4.10. The number of halogens is 1. The topological polar surface area (TPSA) is 74.8 Å². The highest BCUT2D eigenvalue weighted by Gasteiger charge is 2.19. The first kappa shape index (κ1) is 24.0. The maximum atomic E-state index is 11.9. The first-order valence-corrected chi connectivity index (χ1v) is 9.18. The fourth-order valence-electron chi connectivity index (χ4n) is 2.07. The number of rotatable bonds is 7. The molecule has 0 aliphatic heterocycles. The predicted molar refractivity (Wildman–Crippen MR) is 116 cm³/mol. The average Bonchev–Trinajstić information content (AvgIpc) is 2.98. The number of hydrogen-bond acceptors (Lipinski definition) is 4. The van der Waals surface area contributed by atoms with Crippen molar-refractivity contribution in [2.45, 2.75) is 58.7 Å². The zero-order valence-corrected chi connectivity index (χ0v) is 18.9. The number of nitrogens with zero attached hydrogens (tertiary/aromatic N) is 1. The van der Waals surface area contributed by atoms with Crippen molar-refractivity contribution in [3.05, 3.63) is 22.4 Å². The molecule has 1 heterocycles. The predicted octanol–water partition coefficient (Wildman–Crippen LogP) is 3.72. The Kier molecular flexibility index (Phi) is 11.8. The smallest absolute Gasteiger partial charge is 0.407 e. The van der Waals surface area contributed by atoms with Gasteiger partial charge >= 0.3 is 6.09 Å². The normalized spacial score (nSPS) is 12.8. The molecule has 8 heteroatoms. The number of carbonyl (C=O) groups excluding carboxylic acids is 1. The van der Waals surface area contributed by atoms with Crippen molar-refractivity contribution in [3.63, 3.8) is 0 Å². The summed E-state index contributed by atoms with van der Waals surface area (Å²) in [4.78, 5) is 17.4. The van der Waals surface area contributed by atoms with Crippen LogP contribution in [0.2, 0.25) is 0 Å². The molecule has 0 radical (unpaired) electrons. The van der Waals surface area contributed by atoms with E-state index in [-0.39, 0.29) is 36.1 Å². The van der Waals surface area contributed by atoms with Gasteiger partial charge in [-0.15, -0.1) is 35.3 Å². The van der Waals surface area contributed by atoms with Gasteiger partial charge in [0.2, 0.25) is 0 Å². The van der Waals surface area contributed by atoms with Crippen molar-refractivity contribution in [1.29, 1.82) is 0 Å². The number of ether oxygens (including phenoxy) is 1. The number of guanidine groups is 1. The highest BCUT2D eigenvalue weighted by Crippen LogP contribution is 2.08. The quantitative estimate of drug-likeness (QED) is 0.315. The minimum atomic E-state index is -0.493. The molecular formula is C17H31IN4O2S. The van der Waals surface area contributed by atoms with Crippen LogP contribution in [0.1, 0.15) is 45.4 Å². The molecule has 0 bridgehead atoms. The Labute approximate surface area is 172 Å². The lowest BCUT2D eigenvalue weighted by atomic mass is 10.1. The Balaban J connectivity index is 0.00000576. The first-order chi connectivity index (χ1) is 11.3. The van der Waals surface area contributed by atoms with E-state index < -0.39 is 5.60 Å². The Bertz CT molecular complexity index is 515. The number of hydrogen-bond donors (Lipinski definition) is 3. The molecule has 0 aliphatic carbocycles. The molecule has 1 rings (SSSR count). The third-order valence-electron chi connectivity index (χ3n) is 3.11. The van der Waals surface area contributed by atoms with Gasteiger partial charge in [0.15, 0.2) is 5.96 Å². The van der Waals surface area contributed by atoms with Crippen molar-refractivity contribution >= 4 is 47.4 Å². The lowest BCUT2D eigenvalue weighted by molar-refractivity contribution is 0.0502. The fraction of sp³-hybridized carbons (Fsp3) is 0.647.